The Morgan fingerprint density at radius 1 is 0.394 bits per heavy atom. The number of aromatic nitrogens is 2. The van der Waals surface area contributed by atoms with E-state index in [1.54, 1.807) is 0 Å². The van der Waals surface area contributed by atoms with Gasteiger partial charge >= 0.3 is 0 Å². The number of hydrogen-bond acceptors (Lipinski definition) is 4. The molecule has 1 atom stereocenters. The van der Waals surface area contributed by atoms with Crippen LogP contribution < -0.4 is 0 Å². The minimum absolute atomic E-state index is 0.269. The number of benzene rings is 9. The van der Waals surface area contributed by atoms with E-state index in [1.165, 1.54) is 33.0 Å². The molecule has 0 fully saturated rings. The van der Waals surface area contributed by atoms with Crippen molar-refractivity contribution in [2.45, 2.75) is 6.17 Å². The van der Waals surface area contributed by atoms with Gasteiger partial charge in [-0.05, 0) is 63.2 Å². The summed E-state index contributed by atoms with van der Waals surface area (Å²) >= 11 is 0. The Kier molecular flexibility index (Phi) is 9.72. The number of nitrogens with zero attached hydrogens (tertiary/aromatic N) is 5. The zero-order valence-electron chi connectivity index (χ0n) is 36.3. The topological polar surface area (TPSA) is 45.8 Å². The fraction of sp³-hybridized carbons (Fsp3) is 0.0328. The highest BCUT2D eigenvalue weighted by atomic mass is 15.3. The SMILES string of the molecule is CN1C(c2ccc(-c3ccccc3)cc2)=NC(c2ccc(-c3ccc(-n4c5ccccc5c5c6ccccc6nc(-c6ccccc6)c54)cc3)cc2)=NC1c1ccc(-c2ccccc2)cc1. The number of rotatable bonds is 8. The summed E-state index contributed by atoms with van der Waals surface area (Å²) in [6.45, 7) is 0. The predicted molar refractivity (Wildman–Crippen MR) is 274 cm³/mol. The molecule has 1 unspecified atom stereocenters. The van der Waals surface area contributed by atoms with E-state index >= 15 is 0 Å². The molecule has 0 bridgehead atoms. The molecule has 0 saturated heterocycles. The van der Waals surface area contributed by atoms with Gasteiger partial charge in [-0.2, -0.15) is 0 Å². The van der Waals surface area contributed by atoms with Crippen molar-refractivity contribution in [2.24, 2.45) is 9.98 Å². The summed E-state index contributed by atoms with van der Waals surface area (Å²) in [7, 11) is 2.09. The van der Waals surface area contributed by atoms with Gasteiger partial charge in [-0.15, -0.1) is 0 Å². The minimum atomic E-state index is -0.269. The number of amidine groups is 2. The molecule has 312 valence electrons. The maximum Gasteiger partial charge on any atom is 0.159 e. The predicted octanol–water partition coefficient (Wildman–Crippen LogP) is 14.8. The van der Waals surface area contributed by atoms with E-state index in [2.05, 4.69) is 247 Å². The largest absolute Gasteiger partial charge is 0.333 e. The van der Waals surface area contributed by atoms with E-state index in [4.69, 9.17) is 15.0 Å². The molecular formula is C61H43N5. The molecule has 0 spiro atoms. The zero-order valence-corrected chi connectivity index (χ0v) is 36.3. The van der Waals surface area contributed by atoms with E-state index in [9.17, 15) is 0 Å². The van der Waals surface area contributed by atoms with Gasteiger partial charge in [0, 0.05) is 45.6 Å². The Hall–Kier alpha value is -8.67. The Morgan fingerprint density at radius 2 is 0.848 bits per heavy atom. The molecule has 12 rings (SSSR count). The summed E-state index contributed by atoms with van der Waals surface area (Å²) in [5.41, 5.74) is 16.5. The van der Waals surface area contributed by atoms with Gasteiger partial charge in [0.25, 0.3) is 0 Å². The number of hydrogen-bond donors (Lipinski definition) is 0. The Balaban J connectivity index is 0.906. The first-order valence-electron chi connectivity index (χ1n) is 22.4. The van der Waals surface area contributed by atoms with Crippen molar-refractivity contribution in [3.05, 3.63) is 253 Å². The van der Waals surface area contributed by atoms with Crippen LogP contribution in [0.3, 0.4) is 0 Å². The van der Waals surface area contributed by atoms with Crippen LogP contribution in [0.5, 0.6) is 0 Å². The Bertz CT molecular complexity index is 3600. The zero-order chi connectivity index (χ0) is 44.0. The number of fused-ring (bicyclic) bond motifs is 5. The van der Waals surface area contributed by atoms with Gasteiger partial charge in [0.05, 0.1) is 22.2 Å². The summed E-state index contributed by atoms with van der Waals surface area (Å²) in [6.07, 6.45) is -0.269. The maximum absolute atomic E-state index is 5.33. The van der Waals surface area contributed by atoms with Crippen LogP contribution in [0.4, 0.5) is 0 Å². The third kappa shape index (κ3) is 6.95. The van der Waals surface area contributed by atoms with E-state index in [-0.39, 0.29) is 6.17 Å². The molecule has 0 radical (unpaired) electrons. The Morgan fingerprint density at radius 3 is 1.45 bits per heavy atom. The molecule has 1 aliphatic heterocycles. The van der Waals surface area contributed by atoms with E-state index in [1.807, 2.05) is 6.07 Å². The molecule has 1 aliphatic rings. The Labute approximate surface area is 384 Å². The first-order valence-corrected chi connectivity index (χ1v) is 22.4. The van der Waals surface area contributed by atoms with Crippen LogP contribution in [0, 0.1) is 0 Å². The minimum Gasteiger partial charge on any atom is -0.333 e. The molecule has 0 amide bonds. The first kappa shape index (κ1) is 39.0. The summed E-state index contributed by atoms with van der Waals surface area (Å²) in [5, 5.41) is 3.58. The highest BCUT2D eigenvalue weighted by molar-refractivity contribution is 6.23. The highest BCUT2D eigenvalue weighted by Crippen LogP contribution is 2.41. The fourth-order valence-corrected chi connectivity index (χ4v) is 9.53. The average molecular weight is 846 g/mol. The van der Waals surface area contributed by atoms with Crippen LogP contribution in [0.2, 0.25) is 0 Å². The second-order valence-corrected chi connectivity index (χ2v) is 16.8. The lowest BCUT2D eigenvalue weighted by Crippen LogP contribution is -2.35. The van der Waals surface area contributed by atoms with Crippen LogP contribution in [-0.2, 0) is 0 Å². The lowest BCUT2D eigenvalue weighted by Gasteiger charge is -2.32. The second-order valence-electron chi connectivity index (χ2n) is 16.8. The lowest BCUT2D eigenvalue weighted by molar-refractivity contribution is 0.383. The van der Waals surface area contributed by atoms with Crippen molar-refractivity contribution in [3.8, 4) is 50.3 Å². The normalized spacial score (nSPS) is 13.8. The smallest absolute Gasteiger partial charge is 0.159 e. The molecule has 5 heteroatoms. The van der Waals surface area contributed by atoms with E-state index in [0.29, 0.717) is 5.84 Å². The van der Waals surface area contributed by atoms with Gasteiger partial charge < -0.3 is 9.47 Å². The van der Waals surface area contributed by atoms with Crippen molar-refractivity contribution in [1.29, 1.82) is 0 Å². The first-order chi connectivity index (χ1) is 32.6. The van der Waals surface area contributed by atoms with Crippen LogP contribution in [0.15, 0.2) is 247 Å². The average Bonchev–Trinajstić information content (AvgIpc) is 3.75. The molecule has 66 heavy (non-hydrogen) atoms. The van der Waals surface area contributed by atoms with Gasteiger partial charge in [0.2, 0.25) is 0 Å². The molecule has 9 aromatic carbocycles. The van der Waals surface area contributed by atoms with Crippen molar-refractivity contribution in [3.63, 3.8) is 0 Å². The van der Waals surface area contributed by atoms with Gasteiger partial charge in [-0.25, -0.2) is 15.0 Å². The maximum atomic E-state index is 5.33. The van der Waals surface area contributed by atoms with Crippen LogP contribution >= 0.6 is 0 Å². The standard InChI is InChI=1S/C61H43N5/c1-65-60(49-33-27-43(28-34-49)41-15-5-2-6-16-41)63-59(64-61(65)50-35-29-44(30-36-50)42-17-7-3-8-18-42)48-31-25-45(26-32-48)46-37-39-51(40-38-46)66-55-24-14-12-22-53(55)56-52-21-11-13-23-54(52)62-57(58(56)66)47-19-9-4-10-20-47/h2-40,60H,1H3. The summed E-state index contributed by atoms with van der Waals surface area (Å²) < 4.78 is 2.38. The van der Waals surface area contributed by atoms with Crippen LogP contribution in [0.1, 0.15) is 22.9 Å². The van der Waals surface area contributed by atoms with Crippen LogP contribution in [0.25, 0.3) is 83.0 Å². The molecular weight excluding hydrogens is 803 g/mol. The monoisotopic (exact) mass is 845 g/mol. The molecule has 0 N–H and O–H groups in total. The van der Waals surface area contributed by atoms with Gasteiger partial charge in [-0.1, -0.05) is 212 Å². The van der Waals surface area contributed by atoms with E-state index in [0.717, 1.165) is 72.5 Å². The second kappa shape index (κ2) is 16.5. The molecule has 2 aromatic heterocycles. The third-order valence-corrected chi connectivity index (χ3v) is 12.9. The van der Waals surface area contributed by atoms with Crippen molar-refractivity contribution < 1.29 is 0 Å². The summed E-state index contributed by atoms with van der Waals surface area (Å²) in [6, 6.07) is 83.8. The summed E-state index contributed by atoms with van der Waals surface area (Å²) in [4.78, 5) is 18.1. The number of para-hydroxylation sites is 2. The van der Waals surface area contributed by atoms with Gasteiger partial charge in [-0.3, -0.25) is 0 Å². The number of pyridine rings is 1. The van der Waals surface area contributed by atoms with Gasteiger partial charge in [0.1, 0.15) is 12.0 Å². The van der Waals surface area contributed by atoms with E-state index < -0.39 is 0 Å². The number of aliphatic imine (C=N–C) groups is 2. The lowest BCUT2D eigenvalue weighted by atomic mass is 10.0. The summed E-state index contributed by atoms with van der Waals surface area (Å²) in [5.74, 6) is 1.58. The van der Waals surface area contributed by atoms with Crippen molar-refractivity contribution in [1.82, 2.24) is 14.5 Å². The molecule has 3 heterocycles. The molecule has 5 nitrogen and oxygen atoms in total. The van der Waals surface area contributed by atoms with Gasteiger partial charge in [0.15, 0.2) is 5.84 Å². The van der Waals surface area contributed by atoms with Crippen LogP contribution in [-0.4, -0.2) is 33.2 Å². The highest BCUT2D eigenvalue weighted by Gasteiger charge is 2.27. The van der Waals surface area contributed by atoms with Crippen molar-refractivity contribution in [2.75, 3.05) is 7.05 Å². The molecule has 0 aliphatic carbocycles. The quantitative estimate of drug-likeness (QED) is 0.153. The molecule has 0 saturated carbocycles. The fourth-order valence-electron chi connectivity index (χ4n) is 9.53. The molecule has 11 aromatic rings. The third-order valence-electron chi connectivity index (χ3n) is 12.9. The van der Waals surface area contributed by atoms with Crippen molar-refractivity contribution >= 4 is 44.4 Å².